The van der Waals surface area contributed by atoms with Crippen molar-refractivity contribution in [2.45, 2.75) is 44.3 Å². The molecular weight excluding hydrogens is 306 g/mol. The molecule has 1 aromatic carbocycles. The fraction of sp³-hybridized carbons (Fsp3) is 0.556. The lowest BCUT2D eigenvalue weighted by molar-refractivity contribution is -0.124. The molecule has 1 aliphatic carbocycles. The maximum Gasteiger partial charge on any atom is 0.251 e. The van der Waals surface area contributed by atoms with Crippen molar-refractivity contribution in [2.24, 2.45) is 11.7 Å². The Balaban J connectivity index is 1.51. The molecule has 0 bridgehead atoms. The summed E-state index contributed by atoms with van der Waals surface area (Å²) in [6.07, 6.45) is 3.77. The first kappa shape index (κ1) is 16.9. The summed E-state index contributed by atoms with van der Waals surface area (Å²) >= 11 is 0. The fourth-order valence-corrected chi connectivity index (χ4v) is 2.91. The molecular formula is C18H25N3O3. The van der Waals surface area contributed by atoms with Crippen LogP contribution < -0.4 is 16.4 Å². The molecule has 1 aromatic rings. The molecule has 1 atom stereocenters. The molecule has 0 spiro atoms. The van der Waals surface area contributed by atoms with Gasteiger partial charge in [-0.05, 0) is 49.3 Å². The highest BCUT2D eigenvalue weighted by Gasteiger charge is 2.26. The van der Waals surface area contributed by atoms with E-state index in [0.717, 1.165) is 31.2 Å². The Morgan fingerprint density at radius 3 is 2.67 bits per heavy atom. The average molecular weight is 331 g/mol. The third-order valence-electron chi connectivity index (χ3n) is 4.65. The van der Waals surface area contributed by atoms with Gasteiger partial charge in [0.1, 0.15) is 0 Å². The summed E-state index contributed by atoms with van der Waals surface area (Å²) in [5.41, 5.74) is 7.59. The van der Waals surface area contributed by atoms with Crippen LogP contribution in [-0.4, -0.2) is 37.1 Å². The summed E-state index contributed by atoms with van der Waals surface area (Å²) in [5, 5.41) is 5.84. The molecule has 130 valence electrons. The highest BCUT2D eigenvalue weighted by Crippen LogP contribution is 2.20. The minimum absolute atomic E-state index is 0.0513. The second kappa shape index (κ2) is 7.77. The minimum Gasteiger partial charge on any atom is -0.381 e. The Morgan fingerprint density at radius 2 is 1.96 bits per heavy atom. The number of hydrogen-bond donors (Lipinski definition) is 3. The van der Waals surface area contributed by atoms with E-state index in [4.69, 9.17) is 10.5 Å². The van der Waals surface area contributed by atoms with Gasteiger partial charge in [-0.2, -0.15) is 0 Å². The summed E-state index contributed by atoms with van der Waals surface area (Å²) in [5.74, 6) is -0.0197. The van der Waals surface area contributed by atoms with Gasteiger partial charge in [-0.3, -0.25) is 9.59 Å². The molecule has 2 amide bonds. The van der Waals surface area contributed by atoms with E-state index in [1.54, 1.807) is 6.07 Å². The number of amides is 2. The highest BCUT2D eigenvalue weighted by molar-refractivity contribution is 5.94. The minimum atomic E-state index is -0.504. The Labute approximate surface area is 142 Å². The van der Waals surface area contributed by atoms with E-state index in [-0.39, 0.29) is 17.7 Å². The molecule has 0 aromatic heterocycles. The molecule has 1 saturated carbocycles. The number of rotatable bonds is 6. The average Bonchev–Trinajstić information content (AvgIpc) is 3.44. The lowest BCUT2D eigenvalue weighted by Gasteiger charge is -2.26. The van der Waals surface area contributed by atoms with E-state index in [9.17, 15) is 9.59 Å². The van der Waals surface area contributed by atoms with Crippen LogP contribution >= 0.6 is 0 Å². The molecule has 24 heavy (non-hydrogen) atoms. The summed E-state index contributed by atoms with van der Waals surface area (Å²) in [7, 11) is 0. The van der Waals surface area contributed by atoms with Crippen LogP contribution in [0.15, 0.2) is 24.3 Å². The molecule has 1 unspecified atom stereocenters. The van der Waals surface area contributed by atoms with Gasteiger partial charge in [0.25, 0.3) is 5.91 Å². The van der Waals surface area contributed by atoms with Crippen molar-refractivity contribution in [1.29, 1.82) is 0 Å². The molecule has 1 saturated heterocycles. The van der Waals surface area contributed by atoms with Crippen LogP contribution in [0.5, 0.6) is 0 Å². The second-order valence-corrected chi connectivity index (χ2v) is 6.64. The van der Waals surface area contributed by atoms with Crippen LogP contribution in [0.3, 0.4) is 0 Å². The number of nitrogens with two attached hydrogens (primary N) is 1. The maximum atomic E-state index is 12.2. The van der Waals surface area contributed by atoms with Gasteiger partial charge in [0.15, 0.2) is 0 Å². The molecule has 6 heteroatoms. The van der Waals surface area contributed by atoms with Gasteiger partial charge in [-0.15, -0.1) is 0 Å². The molecule has 2 fully saturated rings. The second-order valence-electron chi connectivity index (χ2n) is 6.64. The van der Waals surface area contributed by atoms with E-state index in [2.05, 4.69) is 10.6 Å². The maximum absolute atomic E-state index is 12.2. The quantitative estimate of drug-likeness (QED) is 0.723. The van der Waals surface area contributed by atoms with E-state index in [0.29, 0.717) is 31.4 Å². The van der Waals surface area contributed by atoms with Crippen molar-refractivity contribution < 1.29 is 14.3 Å². The third kappa shape index (κ3) is 4.55. The Kier molecular flexibility index (Phi) is 5.48. The summed E-state index contributed by atoms with van der Waals surface area (Å²) < 4.78 is 5.30. The van der Waals surface area contributed by atoms with Crippen LogP contribution in [-0.2, 0) is 16.1 Å². The monoisotopic (exact) mass is 331 g/mol. The van der Waals surface area contributed by atoms with Gasteiger partial charge in [0, 0.05) is 31.4 Å². The SMILES string of the molecule is NC(C(=O)NCc1cccc(C(=O)NC2CC2)c1)C1CCOCC1. The summed E-state index contributed by atoms with van der Waals surface area (Å²) in [6, 6.07) is 7.17. The van der Waals surface area contributed by atoms with E-state index < -0.39 is 6.04 Å². The zero-order valence-corrected chi connectivity index (χ0v) is 13.8. The molecule has 6 nitrogen and oxygen atoms in total. The molecule has 1 aliphatic heterocycles. The first-order valence-electron chi connectivity index (χ1n) is 8.64. The number of nitrogens with one attached hydrogen (secondary N) is 2. The highest BCUT2D eigenvalue weighted by atomic mass is 16.5. The number of ether oxygens (including phenoxy) is 1. The molecule has 3 rings (SSSR count). The van der Waals surface area contributed by atoms with Crippen LogP contribution in [0.4, 0.5) is 0 Å². The van der Waals surface area contributed by atoms with E-state index >= 15 is 0 Å². The van der Waals surface area contributed by atoms with Gasteiger partial charge < -0.3 is 21.1 Å². The predicted molar refractivity (Wildman–Crippen MR) is 90.3 cm³/mol. The van der Waals surface area contributed by atoms with E-state index in [1.165, 1.54) is 0 Å². The molecule has 0 radical (unpaired) electrons. The third-order valence-corrected chi connectivity index (χ3v) is 4.65. The van der Waals surface area contributed by atoms with Crippen LogP contribution in [0.25, 0.3) is 0 Å². The molecule has 4 N–H and O–H groups in total. The van der Waals surface area contributed by atoms with Gasteiger partial charge >= 0.3 is 0 Å². The largest absolute Gasteiger partial charge is 0.381 e. The zero-order chi connectivity index (χ0) is 16.9. The first-order valence-corrected chi connectivity index (χ1v) is 8.64. The van der Waals surface area contributed by atoms with Crippen molar-refractivity contribution >= 4 is 11.8 Å². The lowest BCUT2D eigenvalue weighted by atomic mass is 9.92. The van der Waals surface area contributed by atoms with Crippen molar-refractivity contribution in [3.63, 3.8) is 0 Å². The van der Waals surface area contributed by atoms with Gasteiger partial charge in [0.05, 0.1) is 6.04 Å². The van der Waals surface area contributed by atoms with Crippen LogP contribution in [0, 0.1) is 5.92 Å². The number of benzene rings is 1. The van der Waals surface area contributed by atoms with E-state index in [1.807, 2.05) is 18.2 Å². The summed E-state index contributed by atoms with van der Waals surface area (Å²) in [6.45, 7) is 1.72. The number of hydrogen-bond acceptors (Lipinski definition) is 4. The van der Waals surface area contributed by atoms with Crippen molar-refractivity contribution in [1.82, 2.24) is 10.6 Å². The zero-order valence-electron chi connectivity index (χ0n) is 13.8. The van der Waals surface area contributed by atoms with Crippen molar-refractivity contribution in [3.8, 4) is 0 Å². The van der Waals surface area contributed by atoms with Crippen molar-refractivity contribution in [2.75, 3.05) is 13.2 Å². The van der Waals surface area contributed by atoms with Gasteiger partial charge in [-0.25, -0.2) is 0 Å². The molecule has 2 aliphatic rings. The topological polar surface area (TPSA) is 93.5 Å². The predicted octanol–water partition coefficient (Wildman–Crippen LogP) is 0.949. The molecule has 1 heterocycles. The number of carbonyl (C=O) groups excluding carboxylic acids is 2. The van der Waals surface area contributed by atoms with Crippen molar-refractivity contribution in [3.05, 3.63) is 35.4 Å². The Bertz CT molecular complexity index is 595. The van der Waals surface area contributed by atoms with Gasteiger partial charge in [0.2, 0.25) is 5.91 Å². The Morgan fingerprint density at radius 1 is 1.21 bits per heavy atom. The van der Waals surface area contributed by atoms with Crippen LogP contribution in [0.1, 0.15) is 41.6 Å². The lowest BCUT2D eigenvalue weighted by Crippen LogP contribution is -2.46. The van der Waals surface area contributed by atoms with Gasteiger partial charge in [-0.1, -0.05) is 12.1 Å². The number of carbonyl (C=O) groups is 2. The first-order chi connectivity index (χ1) is 11.6. The van der Waals surface area contributed by atoms with Crippen LogP contribution in [0.2, 0.25) is 0 Å². The fourth-order valence-electron chi connectivity index (χ4n) is 2.91. The Hall–Kier alpha value is -1.92. The standard InChI is InChI=1S/C18H25N3O3/c19-16(13-6-8-24-9-7-13)18(23)20-11-12-2-1-3-14(10-12)17(22)21-15-4-5-15/h1-3,10,13,15-16H,4-9,11,19H2,(H,20,23)(H,21,22). The smallest absolute Gasteiger partial charge is 0.251 e. The normalized spacial score (nSPS) is 19.5. The summed E-state index contributed by atoms with van der Waals surface area (Å²) in [4.78, 5) is 24.3.